The molecule has 3 heteroatoms. The van der Waals surface area contributed by atoms with E-state index in [0.29, 0.717) is 0 Å². The summed E-state index contributed by atoms with van der Waals surface area (Å²) in [6.07, 6.45) is 0.722. The number of hydrogen-bond acceptors (Lipinski definition) is 2. The van der Waals surface area contributed by atoms with Crippen molar-refractivity contribution in [2.45, 2.75) is 40.0 Å². The number of rotatable bonds is 5. The predicted octanol–water partition coefficient (Wildman–Crippen LogP) is 2.91. The van der Waals surface area contributed by atoms with Crippen molar-refractivity contribution in [3.63, 3.8) is 0 Å². The molecule has 1 unspecified atom stereocenters. The van der Waals surface area contributed by atoms with Crippen molar-refractivity contribution in [2.75, 3.05) is 6.54 Å². The van der Waals surface area contributed by atoms with Crippen LogP contribution in [0.2, 0.25) is 0 Å². The van der Waals surface area contributed by atoms with Gasteiger partial charge < -0.3 is 5.32 Å². The maximum atomic E-state index is 12.1. The number of ketones is 1. The smallest absolute Gasteiger partial charge is 0.227 e. The Morgan fingerprint density at radius 1 is 1.16 bits per heavy atom. The summed E-state index contributed by atoms with van der Waals surface area (Å²) in [5.41, 5.74) is 0.576. The van der Waals surface area contributed by atoms with Crippen LogP contribution < -0.4 is 5.32 Å². The molecule has 0 radical (unpaired) electrons. The van der Waals surface area contributed by atoms with E-state index in [1.165, 1.54) is 0 Å². The molecule has 0 spiro atoms. The lowest BCUT2D eigenvalue weighted by atomic mass is 9.90. The van der Waals surface area contributed by atoms with E-state index in [-0.39, 0.29) is 24.2 Å². The molecule has 0 aromatic heterocycles. The van der Waals surface area contributed by atoms with Crippen LogP contribution in [0.25, 0.3) is 0 Å². The van der Waals surface area contributed by atoms with Gasteiger partial charge in [-0.2, -0.15) is 0 Å². The Morgan fingerprint density at radius 2 is 1.74 bits per heavy atom. The van der Waals surface area contributed by atoms with Crippen molar-refractivity contribution in [3.05, 3.63) is 35.9 Å². The van der Waals surface area contributed by atoms with Crippen LogP contribution in [0.1, 0.15) is 45.6 Å². The lowest BCUT2D eigenvalue weighted by molar-refractivity contribution is -0.129. The highest BCUT2D eigenvalue weighted by Crippen LogP contribution is 2.19. The molecule has 0 saturated heterocycles. The third-order valence-electron chi connectivity index (χ3n) is 3.19. The fourth-order valence-electron chi connectivity index (χ4n) is 1.81. The van der Waals surface area contributed by atoms with Crippen LogP contribution >= 0.6 is 0 Å². The molecule has 1 rings (SSSR count). The summed E-state index contributed by atoms with van der Waals surface area (Å²) >= 11 is 0. The fourth-order valence-corrected chi connectivity index (χ4v) is 1.81. The second-order valence-electron chi connectivity index (χ2n) is 5.76. The Labute approximate surface area is 115 Å². The minimum Gasteiger partial charge on any atom is -0.348 e. The quantitative estimate of drug-likeness (QED) is 0.885. The first-order chi connectivity index (χ1) is 8.86. The third kappa shape index (κ3) is 4.51. The normalized spacial score (nSPS) is 12.8. The van der Waals surface area contributed by atoms with Gasteiger partial charge in [-0.05, 0) is 12.0 Å². The average molecular weight is 261 g/mol. The minimum atomic E-state index is -0.415. The fraction of sp³-hybridized carbons (Fsp3) is 0.500. The van der Waals surface area contributed by atoms with Gasteiger partial charge in [0.05, 0.1) is 12.5 Å². The van der Waals surface area contributed by atoms with Crippen LogP contribution in [0.3, 0.4) is 0 Å². The number of nitrogens with one attached hydrogen (secondary N) is 1. The molecule has 1 aromatic rings. The third-order valence-corrected chi connectivity index (χ3v) is 3.19. The first-order valence-electron chi connectivity index (χ1n) is 6.72. The van der Waals surface area contributed by atoms with Gasteiger partial charge in [0.15, 0.2) is 5.78 Å². The van der Waals surface area contributed by atoms with Crippen molar-refractivity contribution in [1.29, 1.82) is 0 Å². The zero-order chi connectivity index (χ0) is 14.5. The number of Topliss-reactive ketones (excluding diaryl/α,β-unsaturated/α-hetero) is 1. The van der Waals surface area contributed by atoms with Crippen LogP contribution in [0.4, 0.5) is 0 Å². The maximum Gasteiger partial charge on any atom is 0.227 e. The summed E-state index contributed by atoms with van der Waals surface area (Å²) in [6.45, 7) is 7.65. The molecule has 0 bridgehead atoms. The van der Waals surface area contributed by atoms with Gasteiger partial charge in [0.25, 0.3) is 0 Å². The van der Waals surface area contributed by atoms with Crippen LogP contribution in [-0.4, -0.2) is 18.2 Å². The van der Waals surface area contributed by atoms with E-state index in [0.717, 1.165) is 12.0 Å². The number of hydrogen-bond donors (Lipinski definition) is 1. The van der Waals surface area contributed by atoms with Crippen molar-refractivity contribution >= 4 is 11.7 Å². The molecule has 1 amide bonds. The molecule has 1 aromatic carbocycles. The Kier molecular flexibility index (Phi) is 5.28. The molecule has 0 aliphatic rings. The Hall–Kier alpha value is -1.64. The standard InChI is InChI=1S/C16H23NO2/c1-5-13(12-9-7-6-8-10-12)15(19)17-11-14(18)16(2,3)4/h6-10,13H,5,11H2,1-4H3,(H,17,19). The van der Waals surface area contributed by atoms with Crippen LogP contribution in [-0.2, 0) is 9.59 Å². The van der Waals surface area contributed by atoms with Gasteiger partial charge in [-0.15, -0.1) is 0 Å². The van der Waals surface area contributed by atoms with Crippen LogP contribution in [0, 0.1) is 5.41 Å². The molecule has 0 saturated carbocycles. The molecule has 104 valence electrons. The summed E-state index contributed by atoms with van der Waals surface area (Å²) in [4.78, 5) is 23.9. The van der Waals surface area contributed by atoms with Crippen LogP contribution in [0.5, 0.6) is 0 Å². The molecule has 1 N–H and O–H groups in total. The molecular formula is C16H23NO2. The zero-order valence-corrected chi connectivity index (χ0v) is 12.2. The predicted molar refractivity (Wildman–Crippen MR) is 76.9 cm³/mol. The second-order valence-corrected chi connectivity index (χ2v) is 5.76. The minimum absolute atomic E-state index is 0.0452. The molecular weight excluding hydrogens is 238 g/mol. The monoisotopic (exact) mass is 261 g/mol. The summed E-state index contributed by atoms with van der Waals surface area (Å²) in [7, 11) is 0. The Bertz CT molecular complexity index is 432. The highest BCUT2D eigenvalue weighted by atomic mass is 16.2. The van der Waals surface area contributed by atoms with E-state index < -0.39 is 5.41 Å². The summed E-state index contributed by atoms with van der Waals surface area (Å²) in [5.74, 6) is -0.218. The van der Waals surface area contributed by atoms with Gasteiger partial charge in [0.2, 0.25) is 5.91 Å². The van der Waals surface area contributed by atoms with Gasteiger partial charge in [-0.25, -0.2) is 0 Å². The van der Waals surface area contributed by atoms with E-state index in [4.69, 9.17) is 0 Å². The molecule has 1 atom stereocenters. The lowest BCUT2D eigenvalue weighted by Gasteiger charge is -2.19. The highest BCUT2D eigenvalue weighted by molar-refractivity contribution is 5.91. The number of carbonyl (C=O) groups excluding carboxylic acids is 2. The van der Waals surface area contributed by atoms with Gasteiger partial charge in [-0.3, -0.25) is 9.59 Å². The first kappa shape index (κ1) is 15.4. The SMILES string of the molecule is CCC(C(=O)NCC(=O)C(C)(C)C)c1ccccc1. The molecule has 0 heterocycles. The Morgan fingerprint density at radius 3 is 2.21 bits per heavy atom. The van der Waals surface area contributed by atoms with Crippen molar-refractivity contribution in [2.24, 2.45) is 5.41 Å². The van der Waals surface area contributed by atoms with E-state index >= 15 is 0 Å². The largest absolute Gasteiger partial charge is 0.348 e. The Balaban J connectivity index is 2.64. The lowest BCUT2D eigenvalue weighted by Crippen LogP contribution is -2.37. The van der Waals surface area contributed by atoms with Crippen molar-refractivity contribution in [1.82, 2.24) is 5.32 Å². The number of benzene rings is 1. The van der Waals surface area contributed by atoms with Gasteiger partial charge in [-0.1, -0.05) is 58.0 Å². The molecule has 19 heavy (non-hydrogen) atoms. The van der Waals surface area contributed by atoms with Crippen molar-refractivity contribution in [3.8, 4) is 0 Å². The first-order valence-corrected chi connectivity index (χ1v) is 6.72. The molecule has 0 aliphatic carbocycles. The van der Waals surface area contributed by atoms with E-state index in [2.05, 4.69) is 5.32 Å². The number of carbonyl (C=O) groups is 2. The summed E-state index contributed by atoms with van der Waals surface area (Å²) < 4.78 is 0. The summed E-state index contributed by atoms with van der Waals surface area (Å²) in [5, 5.41) is 2.75. The summed E-state index contributed by atoms with van der Waals surface area (Å²) in [6, 6.07) is 9.66. The van der Waals surface area contributed by atoms with E-state index in [1.54, 1.807) is 0 Å². The van der Waals surface area contributed by atoms with Gasteiger partial charge in [0.1, 0.15) is 0 Å². The van der Waals surface area contributed by atoms with E-state index in [1.807, 2.05) is 58.0 Å². The topological polar surface area (TPSA) is 46.2 Å². The average Bonchev–Trinajstić information content (AvgIpc) is 2.37. The second kappa shape index (κ2) is 6.50. The maximum absolute atomic E-state index is 12.1. The molecule has 3 nitrogen and oxygen atoms in total. The van der Waals surface area contributed by atoms with Gasteiger partial charge >= 0.3 is 0 Å². The highest BCUT2D eigenvalue weighted by Gasteiger charge is 2.23. The molecule has 0 fully saturated rings. The van der Waals surface area contributed by atoms with E-state index in [9.17, 15) is 9.59 Å². The van der Waals surface area contributed by atoms with Crippen LogP contribution in [0.15, 0.2) is 30.3 Å². The van der Waals surface area contributed by atoms with Gasteiger partial charge in [0, 0.05) is 5.41 Å². The van der Waals surface area contributed by atoms with Crippen molar-refractivity contribution < 1.29 is 9.59 Å². The number of amides is 1. The zero-order valence-electron chi connectivity index (χ0n) is 12.2. The molecule has 0 aliphatic heterocycles.